The van der Waals surface area contributed by atoms with Gasteiger partial charge in [0.25, 0.3) is 0 Å². The number of likely N-dealkylation sites (N-methyl/N-ethyl adjacent to an activating group) is 1. The zero-order valence-electron chi connectivity index (χ0n) is 16.8. The maximum atomic E-state index is 12.3. The molecule has 1 aromatic carbocycles. The first kappa shape index (κ1) is 19.8. The van der Waals surface area contributed by atoms with Crippen molar-refractivity contribution in [1.29, 1.82) is 0 Å². The lowest BCUT2D eigenvalue weighted by Crippen LogP contribution is -2.47. The van der Waals surface area contributed by atoms with Gasteiger partial charge < -0.3 is 15.5 Å². The van der Waals surface area contributed by atoms with Gasteiger partial charge in [-0.2, -0.15) is 0 Å². The van der Waals surface area contributed by atoms with Crippen molar-refractivity contribution in [2.75, 3.05) is 25.5 Å². The summed E-state index contributed by atoms with van der Waals surface area (Å²) < 4.78 is 1.86. The van der Waals surface area contributed by atoms with Gasteiger partial charge in [-0.05, 0) is 68.3 Å². The summed E-state index contributed by atoms with van der Waals surface area (Å²) in [5.74, 6) is 0.418. The van der Waals surface area contributed by atoms with E-state index >= 15 is 0 Å². The van der Waals surface area contributed by atoms with Gasteiger partial charge >= 0.3 is 0 Å². The number of amides is 2. The number of benzene rings is 1. The second kappa shape index (κ2) is 7.95. The molecular formula is C19H27N7O2. The molecule has 1 saturated carbocycles. The molecule has 9 heteroatoms. The smallest absolute Gasteiger partial charge is 0.242 e. The number of carbonyl (C=O) groups is 2. The molecule has 1 aromatic heterocycles. The molecule has 0 radical (unpaired) electrons. The van der Waals surface area contributed by atoms with Gasteiger partial charge in [-0.15, -0.1) is 5.10 Å². The summed E-state index contributed by atoms with van der Waals surface area (Å²) in [4.78, 5) is 25.6. The van der Waals surface area contributed by atoms with Crippen molar-refractivity contribution in [1.82, 2.24) is 30.4 Å². The van der Waals surface area contributed by atoms with Crippen LogP contribution in [0.4, 0.5) is 5.69 Å². The Morgan fingerprint density at radius 1 is 1.21 bits per heavy atom. The highest BCUT2D eigenvalue weighted by atomic mass is 16.2. The number of nitrogens with zero attached hydrogens (tertiary/aromatic N) is 5. The highest BCUT2D eigenvalue weighted by Gasteiger charge is 2.28. The number of carbonyl (C=O) groups excluding carboxylic acids is 2. The van der Waals surface area contributed by atoms with E-state index in [1.807, 2.05) is 49.7 Å². The van der Waals surface area contributed by atoms with Crippen LogP contribution in [0, 0.1) is 0 Å². The molecule has 1 heterocycles. The van der Waals surface area contributed by atoms with Crippen LogP contribution in [0.2, 0.25) is 0 Å². The maximum Gasteiger partial charge on any atom is 0.242 e. The summed E-state index contributed by atoms with van der Waals surface area (Å²) in [5.41, 5.74) is 1.43. The Balaban J connectivity index is 1.51. The maximum absolute atomic E-state index is 12.3. The van der Waals surface area contributed by atoms with E-state index in [9.17, 15) is 9.59 Å². The van der Waals surface area contributed by atoms with Gasteiger partial charge in [0.05, 0.1) is 19.1 Å². The van der Waals surface area contributed by atoms with Crippen molar-refractivity contribution < 1.29 is 9.59 Å². The summed E-state index contributed by atoms with van der Waals surface area (Å²) in [5, 5.41) is 17.9. The largest absolute Gasteiger partial charge is 0.376 e. The van der Waals surface area contributed by atoms with E-state index < -0.39 is 0 Å². The molecule has 2 N–H and O–H groups in total. The minimum Gasteiger partial charge on any atom is -0.376 e. The molecule has 0 bridgehead atoms. The molecule has 1 aliphatic carbocycles. The van der Waals surface area contributed by atoms with Crippen molar-refractivity contribution in [3.05, 3.63) is 24.3 Å². The van der Waals surface area contributed by atoms with E-state index in [1.165, 1.54) is 4.90 Å². The van der Waals surface area contributed by atoms with Gasteiger partial charge in [-0.3, -0.25) is 9.59 Å². The SMILES string of the molecule is CN(CC(=O)NC(C)(C)C)C(=O)CNc1ccc(-c2nnnn2C2CC2)cc1. The fourth-order valence-electron chi connectivity index (χ4n) is 2.76. The third kappa shape index (κ3) is 5.28. The Bertz CT molecular complexity index is 835. The molecule has 1 fully saturated rings. The van der Waals surface area contributed by atoms with Gasteiger partial charge in [0.1, 0.15) is 0 Å². The zero-order valence-corrected chi connectivity index (χ0v) is 16.8. The molecular weight excluding hydrogens is 358 g/mol. The monoisotopic (exact) mass is 385 g/mol. The van der Waals surface area contributed by atoms with Crippen molar-refractivity contribution in [3.8, 4) is 11.4 Å². The highest BCUT2D eigenvalue weighted by Crippen LogP contribution is 2.36. The molecule has 0 aliphatic heterocycles. The van der Waals surface area contributed by atoms with Crippen LogP contribution in [0.25, 0.3) is 11.4 Å². The highest BCUT2D eigenvalue weighted by molar-refractivity contribution is 5.87. The number of anilines is 1. The van der Waals surface area contributed by atoms with Crippen molar-refractivity contribution in [2.24, 2.45) is 0 Å². The number of hydrogen-bond donors (Lipinski definition) is 2. The fourth-order valence-corrected chi connectivity index (χ4v) is 2.76. The van der Waals surface area contributed by atoms with Gasteiger partial charge in [0, 0.05) is 23.8 Å². The molecule has 9 nitrogen and oxygen atoms in total. The standard InChI is InChI=1S/C19H27N7O2/c1-19(2,3)21-16(27)12-25(4)17(28)11-20-14-7-5-13(6-8-14)18-22-23-24-26(18)15-9-10-15/h5-8,15,20H,9-12H2,1-4H3,(H,21,27). The summed E-state index contributed by atoms with van der Waals surface area (Å²) in [6, 6.07) is 8.05. The normalized spacial score (nSPS) is 13.9. The Hall–Kier alpha value is -2.97. The predicted molar refractivity (Wildman–Crippen MR) is 106 cm³/mol. The van der Waals surface area contributed by atoms with E-state index in [2.05, 4.69) is 26.2 Å². The minimum atomic E-state index is -0.319. The summed E-state index contributed by atoms with van der Waals surface area (Å²) in [6.45, 7) is 5.85. The quantitative estimate of drug-likeness (QED) is 0.748. The van der Waals surface area contributed by atoms with Crippen molar-refractivity contribution in [2.45, 2.75) is 45.2 Å². The topological polar surface area (TPSA) is 105 Å². The van der Waals surface area contributed by atoms with E-state index in [0.29, 0.717) is 6.04 Å². The first-order valence-corrected chi connectivity index (χ1v) is 9.40. The average Bonchev–Trinajstić information content (AvgIpc) is 3.35. The molecule has 150 valence electrons. The van der Waals surface area contributed by atoms with E-state index in [-0.39, 0.29) is 30.4 Å². The van der Waals surface area contributed by atoms with Crippen LogP contribution in [-0.4, -0.2) is 62.6 Å². The third-order valence-corrected chi connectivity index (χ3v) is 4.29. The number of aromatic nitrogens is 4. The summed E-state index contributed by atoms with van der Waals surface area (Å²) in [7, 11) is 1.62. The zero-order chi connectivity index (χ0) is 20.3. The molecule has 3 rings (SSSR count). The lowest BCUT2D eigenvalue weighted by atomic mass is 10.1. The molecule has 0 atom stereocenters. The summed E-state index contributed by atoms with van der Waals surface area (Å²) >= 11 is 0. The molecule has 0 saturated heterocycles. The number of rotatable bonds is 7. The van der Waals surface area contributed by atoms with Gasteiger partial charge in [0.15, 0.2) is 5.82 Å². The molecule has 0 unspecified atom stereocenters. The molecule has 2 amide bonds. The van der Waals surface area contributed by atoms with Crippen LogP contribution in [-0.2, 0) is 9.59 Å². The Labute approximate surface area is 164 Å². The van der Waals surface area contributed by atoms with Gasteiger partial charge in [0.2, 0.25) is 11.8 Å². The predicted octanol–water partition coefficient (Wildman–Crippen LogP) is 1.46. The third-order valence-electron chi connectivity index (χ3n) is 4.29. The molecule has 2 aromatic rings. The van der Waals surface area contributed by atoms with E-state index in [1.54, 1.807) is 7.05 Å². The van der Waals surface area contributed by atoms with Gasteiger partial charge in [-0.25, -0.2) is 4.68 Å². The first-order valence-electron chi connectivity index (χ1n) is 9.40. The Morgan fingerprint density at radius 2 is 1.89 bits per heavy atom. The van der Waals surface area contributed by atoms with E-state index in [4.69, 9.17) is 0 Å². The molecule has 28 heavy (non-hydrogen) atoms. The van der Waals surface area contributed by atoms with Crippen LogP contribution < -0.4 is 10.6 Å². The average molecular weight is 385 g/mol. The number of hydrogen-bond acceptors (Lipinski definition) is 6. The van der Waals surface area contributed by atoms with Crippen LogP contribution in [0.1, 0.15) is 39.7 Å². The fraction of sp³-hybridized carbons (Fsp3) is 0.526. The van der Waals surface area contributed by atoms with Crippen LogP contribution in [0.5, 0.6) is 0 Å². The second-order valence-electron chi connectivity index (χ2n) is 8.16. The Kier molecular flexibility index (Phi) is 5.62. The lowest BCUT2D eigenvalue weighted by Gasteiger charge is -2.23. The Morgan fingerprint density at radius 3 is 2.50 bits per heavy atom. The second-order valence-corrected chi connectivity index (χ2v) is 8.16. The lowest BCUT2D eigenvalue weighted by molar-refractivity contribution is -0.133. The first-order chi connectivity index (χ1) is 13.2. The molecule has 1 aliphatic rings. The minimum absolute atomic E-state index is 0.0283. The van der Waals surface area contributed by atoms with Gasteiger partial charge in [-0.1, -0.05) is 0 Å². The number of nitrogens with one attached hydrogen (secondary N) is 2. The van der Waals surface area contributed by atoms with Crippen LogP contribution >= 0.6 is 0 Å². The number of tetrazole rings is 1. The molecule has 0 spiro atoms. The van der Waals surface area contributed by atoms with Crippen molar-refractivity contribution >= 4 is 17.5 Å². The van der Waals surface area contributed by atoms with Crippen LogP contribution in [0.3, 0.4) is 0 Å². The summed E-state index contributed by atoms with van der Waals surface area (Å²) in [6.07, 6.45) is 2.22. The van der Waals surface area contributed by atoms with Crippen LogP contribution in [0.15, 0.2) is 24.3 Å². The van der Waals surface area contributed by atoms with Crippen molar-refractivity contribution in [3.63, 3.8) is 0 Å². The van der Waals surface area contributed by atoms with E-state index in [0.717, 1.165) is 29.9 Å².